The van der Waals surface area contributed by atoms with Gasteiger partial charge in [-0.2, -0.15) is 0 Å². The normalized spacial score (nSPS) is 13.2. The van der Waals surface area contributed by atoms with Crippen molar-refractivity contribution in [3.63, 3.8) is 0 Å². The number of hydrogen-bond acceptors (Lipinski definition) is 2. The van der Waals surface area contributed by atoms with E-state index in [1.54, 1.807) is 0 Å². The van der Waals surface area contributed by atoms with Gasteiger partial charge in [0.2, 0.25) is 0 Å². The molecule has 0 saturated heterocycles. The molecule has 0 aliphatic heterocycles. The van der Waals surface area contributed by atoms with Crippen molar-refractivity contribution in [2.75, 3.05) is 6.61 Å². The van der Waals surface area contributed by atoms with Gasteiger partial charge in [-0.05, 0) is 54.7 Å². The molecule has 1 aromatic carbocycles. The highest BCUT2D eigenvalue weighted by molar-refractivity contribution is 5.41. The first-order valence-corrected chi connectivity index (χ1v) is 8.40. The van der Waals surface area contributed by atoms with E-state index in [2.05, 4.69) is 52.8 Å². The summed E-state index contributed by atoms with van der Waals surface area (Å²) in [6, 6.07) is 7.02. The van der Waals surface area contributed by atoms with E-state index in [0.717, 1.165) is 44.5 Å². The number of rotatable bonds is 8. The van der Waals surface area contributed by atoms with Gasteiger partial charge in [0.15, 0.2) is 0 Å². The van der Waals surface area contributed by atoms with Crippen LogP contribution < -0.4 is 10.5 Å². The molecular formula is C19H33NO. The van der Waals surface area contributed by atoms with Crippen LogP contribution in [-0.4, -0.2) is 12.6 Å². The Morgan fingerprint density at radius 2 is 1.90 bits per heavy atom. The molecule has 2 nitrogen and oxygen atoms in total. The molecule has 0 radical (unpaired) electrons. The lowest BCUT2D eigenvalue weighted by molar-refractivity contribution is 0.308. The highest BCUT2D eigenvalue weighted by Crippen LogP contribution is 2.32. The van der Waals surface area contributed by atoms with E-state index in [0.29, 0.717) is 6.04 Å². The summed E-state index contributed by atoms with van der Waals surface area (Å²) >= 11 is 0. The Bertz CT molecular complexity index is 420. The summed E-state index contributed by atoms with van der Waals surface area (Å²) in [7, 11) is 0. The first kappa shape index (κ1) is 18.0. The highest BCUT2D eigenvalue weighted by Gasteiger charge is 2.19. The molecule has 0 aromatic heterocycles. The molecule has 1 unspecified atom stereocenters. The fraction of sp³-hybridized carbons (Fsp3) is 0.684. The van der Waals surface area contributed by atoms with E-state index in [1.165, 1.54) is 11.1 Å². The maximum atomic E-state index is 6.00. The Kier molecular flexibility index (Phi) is 7.24. The molecule has 0 bridgehead atoms. The lowest BCUT2D eigenvalue weighted by Crippen LogP contribution is -2.18. The molecule has 1 atom stereocenters. The van der Waals surface area contributed by atoms with Gasteiger partial charge in [0.25, 0.3) is 0 Å². The largest absolute Gasteiger partial charge is 0.493 e. The molecule has 1 rings (SSSR count). The van der Waals surface area contributed by atoms with Crippen LogP contribution >= 0.6 is 0 Å². The molecule has 0 amide bonds. The molecule has 0 spiro atoms. The number of ether oxygens (including phenoxy) is 1. The second kappa shape index (κ2) is 8.43. The van der Waals surface area contributed by atoms with Crippen molar-refractivity contribution < 1.29 is 4.74 Å². The first-order valence-electron chi connectivity index (χ1n) is 8.40. The summed E-state index contributed by atoms with van der Waals surface area (Å²) in [5.74, 6) is 1.04. The molecule has 2 N–H and O–H groups in total. The predicted molar refractivity (Wildman–Crippen MR) is 92.1 cm³/mol. The zero-order chi connectivity index (χ0) is 15.9. The number of aryl methyl sites for hydroxylation is 1. The van der Waals surface area contributed by atoms with E-state index < -0.39 is 0 Å². The zero-order valence-electron chi connectivity index (χ0n) is 14.5. The molecule has 120 valence electrons. The van der Waals surface area contributed by atoms with Crippen molar-refractivity contribution in [2.45, 2.75) is 78.2 Å². The lowest BCUT2D eigenvalue weighted by atomic mass is 9.85. The third kappa shape index (κ3) is 6.09. The second-order valence-electron chi connectivity index (χ2n) is 6.99. The van der Waals surface area contributed by atoms with Crippen LogP contribution in [0, 0.1) is 0 Å². The standard InChI is InChI=1S/C19H33NO/c1-6-13-21-18-12-11-15(9-8-10-16(20)7-2)14-17(18)19(3,4)5/h11-12,14,16H,6-10,13,20H2,1-5H3. The Morgan fingerprint density at radius 1 is 1.19 bits per heavy atom. The predicted octanol–water partition coefficient (Wildman–Crippen LogP) is 4.83. The Labute approximate surface area is 131 Å². The summed E-state index contributed by atoms with van der Waals surface area (Å²) in [6.07, 6.45) is 5.48. The molecule has 1 aromatic rings. The lowest BCUT2D eigenvalue weighted by Gasteiger charge is -2.24. The van der Waals surface area contributed by atoms with Gasteiger partial charge in [0, 0.05) is 6.04 Å². The Morgan fingerprint density at radius 3 is 2.48 bits per heavy atom. The van der Waals surface area contributed by atoms with Gasteiger partial charge in [-0.25, -0.2) is 0 Å². The number of nitrogens with two attached hydrogens (primary N) is 1. The van der Waals surface area contributed by atoms with Crippen LogP contribution in [0.5, 0.6) is 5.75 Å². The van der Waals surface area contributed by atoms with E-state index in [4.69, 9.17) is 10.5 Å². The van der Waals surface area contributed by atoms with Crippen LogP contribution in [0.2, 0.25) is 0 Å². The maximum absolute atomic E-state index is 6.00. The van der Waals surface area contributed by atoms with Crippen molar-refractivity contribution in [1.82, 2.24) is 0 Å². The summed E-state index contributed by atoms with van der Waals surface area (Å²) in [6.45, 7) is 11.8. The van der Waals surface area contributed by atoms with Crippen molar-refractivity contribution in [3.8, 4) is 5.75 Å². The van der Waals surface area contributed by atoms with Crippen LogP contribution in [0.15, 0.2) is 18.2 Å². The van der Waals surface area contributed by atoms with Crippen LogP contribution in [-0.2, 0) is 11.8 Å². The Hall–Kier alpha value is -1.02. The summed E-state index contributed by atoms with van der Waals surface area (Å²) < 4.78 is 5.91. The monoisotopic (exact) mass is 291 g/mol. The van der Waals surface area contributed by atoms with E-state index in [9.17, 15) is 0 Å². The van der Waals surface area contributed by atoms with Crippen LogP contribution in [0.25, 0.3) is 0 Å². The van der Waals surface area contributed by atoms with Crippen LogP contribution in [0.4, 0.5) is 0 Å². The van der Waals surface area contributed by atoms with Gasteiger partial charge in [-0.1, -0.05) is 46.8 Å². The van der Waals surface area contributed by atoms with Gasteiger partial charge in [-0.3, -0.25) is 0 Å². The van der Waals surface area contributed by atoms with Gasteiger partial charge >= 0.3 is 0 Å². The third-order valence-corrected chi connectivity index (χ3v) is 3.88. The molecule has 0 aliphatic carbocycles. The minimum absolute atomic E-state index is 0.110. The molecule has 0 saturated carbocycles. The van der Waals surface area contributed by atoms with Crippen molar-refractivity contribution in [1.29, 1.82) is 0 Å². The fourth-order valence-corrected chi connectivity index (χ4v) is 2.43. The quantitative estimate of drug-likeness (QED) is 0.744. The topological polar surface area (TPSA) is 35.2 Å². The van der Waals surface area contributed by atoms with E-state index in [-0.39, 0.29) is 5.41 Å². The minimum Gasteiger partial charge on any atom is -0.493 e. The van der Waals surface area contributed by atoms with Gasteiger partial charge in [0.05, 0.1) is 6.61 Å². The smallest absolute Gasteiger partial charge is 0.123 e. The molecular weight excluding hydrogens is 258 g/mol. The van der Waals surface area contributed by atoms with E-state index in [1.807, 2.05) is 0 Å². The maximum Gasteiger partial charge on any atom is 0.123 e. The first-order chi connectivity index (χ1) is 9.88. The van der Waals surface area contributed by atoms with Gasteiger partial charge < -0.3 is 10.5 Å². The summed E-state index contributed by atoms with van der Waals surface area (Å²) in [5, 5.41) is 0. The van der Waals surface area contributed by atoms with Crippen molar-refractivity contribution in [2.24, 2.45) is 5.73 Å². The molecule has 0 heterocycles. The molecule has 21 heavy (non-hydrogen) atoms. The summed E-state index contributed by atoms with van der Waals surface area (Å²) in [5.41, 5.74) is 8.81. The Balaban J connectivity index is 2.79. The average molecular weight is 291 g/mol. The molecule has 0 aliphatic rings. The van der Waals surface area contributed by atoms with E-state index >= 15 is 0 Å². The average Bonchev–Trinajstić information content (AvgIpc) is 2.44. The fourth-order valence-electron chi connectivity index (χ4n) is 2.43. The minimum atomic E-state index is 0.110. The number of hydrogen-bond donors (Lipinski definition) is 1. The molecule has 0 fully saturated rings. The molecule has 2 heteroatoms. The number of benzene rings is 1. The van der Waals surface area contributed by atoms with Crippen LogP contribution in [0.3, 0.4) is 0 Å². The third-order valence-electron chi connectivity index (χ3n) is 3.88. The van der Waals surface area contributed by atoms with Gasteiger partial charge in [-0.15, -0.1) is 0 Å². The highest BCUT2D eigenvalue weighted by atomic mass is 16.5. The van der Waals surface area contributed by atoms with Crippen molar-refractivity contribution >= 4 is 0 Å². The second-order valence-corrected chi connectivity index (χ2v) is 6.99. The summed E-state index contributed by atoms with van der Waals surface area (Å²) in [4.78, 5) is 0. The SMILES string of the molecule is CCCOc1ccc(CCCC(N)CC)cc1C(C)(C)C. The van der Waals surface area contributed by atoms with Gasteiger partial charge in [0.1, 0.15) is 5.75 Å². The van der Waals surface area contributed by atoms with Crippen LogP contribution in [0.1, 0.15) is 71.4 Å². The zero-order valence-corrected chi connectivity index (χ0v) is 14.5. The van der Waals surface area contributed by atoms with Crippen molar-refractivity contribution in [3.05, 3.63) is 29.3 Å².